The molecular weight excluding hydrogens is 231 g/mol. The second-order valence-electron chi connectivity index (χ2n) is 3.50. The van der Waals surface area contributed by atoms with Crippen LogP contribution < -0.4 is 0 Å². The summed E-state index contributed by atoms with van der Waals surface area (Å²) in [6.45, 7) is 2.11. The Morgan fingerprint density at radius 3 is 2.67 bits per heavy atom. The molecule has 0 saturated carbocycles. The minimum absolute atomic E-state index is 0.0796. The maximum atomic E-state index is 11.7. The summed E-state index contributed by atoms with van der Waals surface area (Å²) >= 11 is 11.7. The van der Waals surface area contributed by atoms with Crippen LogP contribution in [0.15, 0.2) is 18.2 Å². The second-order valence-corrected chi connectivity index (χ2v) is 4.35. The molecule has 3 heteroatoms. The van der Waals surface area contributed by atoms with E-state index in [1.54, 1.807) is 18.2 Å². The highest BCUT2D eigenvalue weighted by Crippen LogP contribution is 2.22. The summed E-state index contributed by atoms with van der Waals surface area (Å²) in [7, 11) is 0. The number of benzene rings is 1. The first-order valence-corrected chi connectivity index (χ1v) is 5.89. The third-order valence-corrected chi connectivity index (χ3v) is 2.80. The lowest BCUT2D eigenvalue weighted by molar-refractivity contribution is 0.0979. The minimum atomic E-state index is 0.0796. The first-order chi connectivity index (χ1) is 7.15. The summed E-state index contributed by atoms with van der Waals surface area (Å²) in [5, 5.41) is 1.04. The van der Waals surface area contributed by atoms with Crippen LogP contribution >= 0.6 is 23.2 Å². The zero-order chi connectivity index (χ0) is 11.3. The normalized spacial score (nSPS) is 10.3. The molecule has 0 atom stereocenters. The van der Waals surface area contributed by atoms with Gasteiger partial charge < -0.3 is 0 Å². The molecule has 0 fully saturated rings. The van der Waals surface area contributed by atoms with Crippen molar-refractivity contribution in [2.24, 2.45) is 0 Å². The van der Waals surface area contributed by atoms with E-state index in [0.29, 0.717) is 22.0 Å². The molecule has 82 valence electrons. The van der Waals surface area contributed by atoms with Crippen molar-refractivity contribution in [1.82, 2.24) is 0 Å². The fraction of sp³-hybridized carbons (Fsp3) is 0.417. The topological polar surface area (TPSA) is 17.1 Å². The van der Waals surface area contributed by atoms with E-state index in [-0.39, 0.29) is 5.78 Å². The number of unbranched alkanes of at least 4 members (excludes halogenated alkanes) is 2. The van der Waals surface area contributed by atoms with E-state index >= 15 is 0 Å². The summed E-state index contributed by atoms with van der Waals surface area (Å²) < 4.78 is 0. The molecule has 1 nitrogen and oxygen atoms in total. The molecule has 1 aromatic carbocycles. The smallest absolute Gasteiger partial charge is 0.164 e. The molecule has 0 heterocycles. The van der Waals surface area contributed by atoms with Gasteiger partial charge in [0.15, 0.2) is 5.78 Å². The van der Waals surface area contributed by atoms with Gasteiger partial charge in [-0.15, -0.1) is 0 Å². The van der Waals surface area contributed by atoms with E-state index < -0.39 is 0 Å². The molecule has 15 heavy (non-hydrogen) atoms. The molecule has 1 aromatic rings. The van der Waals surface area contributed by atoms with Crippen molar-refractivity contribution in [3.05, 3.63) is 33.8 Å². The largest absolute Gasteiger partial charge is 0.294 e. The number of carbonyl (C=O) groups is 1. The van der Waals surface area contributed by atoms with Crippen LogP contribution in [0.4, 0.5) is 0 Å². The molecule has 0 radical (unpaired) electrons. The van der Waals surface area contributed by atoms with Gasteiger partial charge in [0.05, 0.1) is 5.02 Å². The van der Waals surface area contributed by atoms with E-state index in [0.717, 1.165) is 19.3 Å². The van der Waals surface area contributed by atoms with Crippen molar-refractivity contribution in [3.8, 4) is 0 Å². The third kappa shape index (κ3) is 3.84. The predicted octanol–water partition coefficient (Wildman–Crippen LogP) is 4.76. The van der Waals surface area contributed by atoms with Crippen LogP contribution in [-0.2, 0) is 0 Å². The lowest BCUT2D eigenvalue weighted by atomic mass is 10.0. The lowest BCUT2D eigenvalue weighted by Crippen LogP contribution is -1.99. The molecule has 0 aliphatic rings. The van der Waals surface area contributed by atoms with Gasteiger partial charge in [-0.05, 0) is 24.6 Å². The minimum Gasteiger partial charge on any atom is -0.294 e. The Balaban J connectivity index is 2.68. The van der Waals surface area contributed by atoms with Crippen molar-refractivity contribution in [1.29, 1.82) is 0 Å². The predicted molar refractivity (Wildman–Crippen MR) is 64.9 cm³/mol. The second kappa shape index (κ2) is 6.14. The van der Waals surface area contributed by atoms with Gasteiger partial charge in [-0.25, -0.2) is 0 Å². The number of Topliss-reactive ketones (excluding diaryl/α,β-unsaturated/α-hetero) is 1. The van der Waals surface area contributed by atoms with Crippen molar-refractivity contribution in [2.75, 3.05) is 0 Å². The fourth-order valence-electron chi connectivity index (χ4n) is 1.38. The quantitative estimate of drug-likeness (QED) is 0.540. The van der Waals surface area contributed by atoms with Gasteiger partial charge in [-0.2, -0.15) is 0 Å². The first kappa shape index (κ1) is 12.5. The monoisotopic (exact) mass is 244 g/mol. The van der Waals surface area contributed by atoms with Gasteiger partial charge in [0, 0.05) is 17.0 Å². The number of halogens is 2. The van der Waals surface area contributed by atoms with Crippen LogP contribution in [0.2, 0.25) is 10.0 Å². The van der Waals surface area contributed by atoms with E-state index in [4.69, 9.17) is 23.2 Å². The van der Waals surface area contributed by atoms with Gasteiger partial charge in [0.25, 0.3) is 0 Å². The highest BCUT2D eigenvalue weighted by molar-refractivity contribution is 6.35. The van der Waals surface area contributed by atoms with Crippen LogP contribution in [0.5, 0.6) is 0 Å². The maximum Gasteiger partial charge on any atom is 0.164 e. The first-order valence-electron chi connectivity index (χ1n) is 5.13. The summed E-state index contributed by atoms with van der Waals surface area (Å²) in [5.41, 5.74) is 0.542. The zero-order valence-electron chi connectivity index (χ0n) is 8.72. The molecule has 0 amide bonds. The molecule has 0 saturated heterocycles. The molecule has 0 aliphatic heterocycles. The molecule has 0 N–H and O–H groups in total. The number of rotatable bonds is 5. The van der Waals surface area contributed by atoms with E-state index in [1.807, 2.05) is 0 Å². The van der Waals surface area contributed by atoms with Crippen LogP contribution in [0.25, 0.3) is 0 Å². The Labute approximate surface area is 100 Å². The van der Waals surface area contributed by atoms with Crippen LogP contribution in [-0.4, -0.2) is 5.78 Å². The number of ketones is 1. The molecule has 0 aliphatic carbocycles. The highest BCUT2D eigenvalue weighted by Gasteiger charge is 2.10. The molecular formula is C12H14Cl2O. The summed E-state index contributed by atoms with van der Waals surface area (Å²) in [5.74, 6) is 0.0796. The van der Waals surface area contributed by atoms with Gasteiger partial charge in [-0.1, -0.05) is 43.0 Å². The van der Waals surface area contributed by atoms with Crippen LogP contribution in [0, 0.1) is 0 Å². The Morgan fingerprint density at radius 2 is 2.00 bits per heavy atom. The van der Waals surface area contributed by atoms with E-state index in [1.165, 1.54) is 0 Å². The van der Waals surface area contributed by atoms with Crippen molar-refractivity contribution >= 4 is 29.0 Å². The van der Waals surface area contributed by atoms with E-state index in [2.05, 4.69) is 6.92 Å². The van der Waals surface area contributed by atoms with Crippen LogP contribution in [0.1, 0.15) is 43.0 Å². The highest BCUT2D eigenvalue weighted by atomic mass is 35.5. The summed E-state index contributed by atoms with van der Waals surface area (Å²) in [4.78, 5) is 11.7. The molecule has 0 aromatic heterocycles. The Morgan fingerprint density at radius 1 is 1.27 bits per heavy atom. The average molecular weight is 245 g/mol. The van der Waals surface area contributed by atoms with Crippen LogP contribution in [0.3, 0.4) is 0 Å². The Bertz CT molecular complexity index is 347. The van der Waals surface area contributed by atoms with Gasteiger partial charge in [0.1, 0.15) is 0 Å². The van der Waals surface area contributed by atoms with Gasteiger partial charge in [0.2, 0.25) is 0 Å². The Kier molecular flexibility index (Phi) is 5.13. The maximum absolute atomic E-state index is 11.7. The van der Waals surface area contributed by atoms with Crippen molar-refractivity contribution in [2.45, 2.75) is 32.6 Å². The number of hydrogen-bond donors (Lipinski definition) is 0. The van der Waals surface area contributed by atoms with Gasteiger partial charge >= 0.3 is 0 Å². The lowest BCUT2D eigenvalue weighted by Gasteiger charge is -2.03. The average Bonchev–Trinajstić information content (AvgIpc) is 2.22. The fourth-order valence-corrected chi connectivity index (χ4v) is 1.78. The molecule has 0 unspecified atom stereocenters. The zero-order valence-corrected chi connectivity index (χ0v) is 10.2. The molecule has 1 rings (SSSR count). The Hall–Kier alpha value is -0.530. The molecule has 0 spiro atoms. The van der Waals surface area contributed by atoms with E-state index in [9.17, 15) is 4.79 Å². The van der Waals surface area contributed by atoms with Crippen molar-refractivity contribution in [3.63, 3.8) is 0 Å². The summed E-state index contributed by atoms with van der Waals surface area (Å²) in [6, 6.07) is 4.99. The standard InChI is InChI=1S/C12H14Cl2O/c1-2-3-4-5-12(15)10-8-9(13)6-7-11(10)14/h6-8H,2-5H2,1H3. The van der Waals surface area contributed by atoms with Gasteiger partial charge in [-0.3, -0.25) is 4.79 Å². The van der Waals surface area contributed by atoms with Crippen molar-refractivity contribution < 1.29 is 4.79 Å². The molecule has 0 bridgehead atoms. The SMILES string of the molecule is CCCCCC(=O)c1cc(Cl)ccc1Cl. The summed E-state index contributed by atoms with van der Waals surface area (Å²) in [6.07, 6.45) is 3.65. The number of carbonyl (C=O) groups excluding carboxylic acids is 1. The number of hydrogen-bond acceptors (Lipinski definition) is 1. The third-order valence-electron chi connectivity index (χ3n) is 2.24.